The van der Waals surface area contributed by atoms with Crippen LogP contribution in [0.1, 0.15) is 0 Å². The largest absolute Gasteiger partial charge is 0.872 e. The van der Waals surface area contributed by atoms with Crippen LogP contribution in [0, 0.1) is 0 Å². The third-order valence-electron chi connectivity index (χ3n) is 3.57. The lowest BCUT2D eigenvalue weighted by molar-refractivity contribution is -0.269. The van der Waals surface area contributed by atoms with Crippen LogP contribution in [0.15, 0.2) is 48.5 Å². The number of amides is 1. The summed E-state index contributed by atoms with van der Waals surface area (Å²) in [7, 11) is 15.2. The Morgan fingerprint density at radius 3 is 1.21 bits per heavy atom. The molecule has 2 aromatic rings. The third kappa shape index (κ3) is 12.7. The lowest BCUT2D eigenvalue weighted by Gasteiger charge is -2.24. The van der Waals surface area contributed by atoms with Crippen molar-refractivity contribution in [2.45, 2.75) is 0 Å². The molecule has 164 valence electrons. The third-order valence-corrected chi connectivity index (χ3v) is 3.57. The molecule has 1 amide bonds. The Hall–Kier alpha value is -2.29. The van der Waals surface area contributed by atoms with Crippen LogP contribution in [0.4, 0.5) is 16.2 Å². The average Bonchev–Trinajstić information content (AvgIpc) is 2.54. The molecule has 7 nitrogen and oxygen atoms in total. The van der Waals surface area contributed by atoms with Gasteiger partial charge in [0.2, 0.25) is 0 Å². The van der Waals surface area contributed by atoms with Crippen LogP contribution in [0.25, 0.3) is 0 Å². The van der Waals surface area contributed by atoms with E-state index in [0.29, 0.717) is 8.97 Å². The van der Waals surface area contributed by atoms with Crippen molar-refractivity contribution < 1.29 is 20.1 Å². The highest BCUT2D eigenvalue weighted by Gasteiger charge is 2.10. The molecule has 0 radical (unpaired) electrons. The Kier molecular flexibility index (Phi) is 12.3. The predicted molar refractivity (Wildman–Crippen MR) is 123 cm³/mol. The standard InChI is InChI=1S/2C9H13NO.C3H7NO2.BrH/c2*1-10(2,3)8-5-4-6-9(11)7-8;1-4(2)3(5)6;/h2*4-7H,1-3H3;1-2H3,(H,5,6);1H. The minimum Gasteiger partial charge on any atom is -0.872 e. The van der Waals surface area contributed by atoms with E-state index >= 15 is 0 Å². The first-order chi connectivity index (χ1) is 12.6. The number of halogens is 1. The number of nitrogens with zero attached hydrogens (tertiary/aromatic N) is 3. The molecule has 1 N–H and O–H groups in total. The van der Waals surface area contributed by atoms with Gasteiger partial charge in [0.05, 0.1) is 42.3 Å². The molecule has 8 heteroatoms. The maximum atomic E-state index is 10.9. The number of carboxylic acid groups (broad SMARTS) is 1. The summed E-state index contributed by atoms with van der Waals surface area (Å²) in [5.74, 6) is 0.158. The van der Waals surface area contributed by atoms with E-state index in [1.807, 2.05) is 54.4 Å². The average molecular weight is 472 g/mol. The van der Waals surface area contributed by atoms with Crippen molar-refractivity contribution in [3.05, 3.63) is 48.5 Å². The molecule has 0 bridgehead atoms. The summed E-state index contributed by atoms with van der Waals surface area (Å²) in [6, 6.07) is 14.0. The number of quaternary nitrogens is 2. The quantitative estimate of drug-likeness (QED) is 0.682. The van der Waals surface area contributed by atoms with Crippen molar-refractivity contribution in [1.29, 1.82) is 0 Å². The molecule has 2 rings (SSSR count). The Morgan fingerprint density at radius 2 is 1.07 bits per heavy atom. The van der Waals surface area contributed by atoms with Crippen LogP contribution in [0.2, 0.25) is 0 Å². The van der Waals surface area contributed by atoms with Crippen LogP contribution >= 0.6 is 17.0 Å². The fourth-order valence-electron chi connectivity index (χ4n) is 1.80. The van der Waals surface area contributed by atoms with E-state index in [-0.39, 0.29) is 28.5 Å². The van der Waals surface area contributed by atoms with Gasteiger partial charge in [-0.15, -0.1) is 28.5 Å². The second-order valence-electron chi connectivity index (χ2n) is 8.20. The summed E-state index contributed by atoms with van der Waals surface area (Å²) in [5.41, 5.74) is 2.08. The highest BCUT2D eigenvalue weighted by Crippen LogP contribution is 2.20. The maximum Gasteiger partial charge on any atom is 0.406 e. The van der Waals surface area contributed by atoms with Gasteiger partial charge in [-0.3, -0.25) is 8.97 Å². The van der Waals surface area contributed by atoms with E-state index in [1.165, 1.54) is 14.1 Å². The number of carbonyl (C=O) groups is 1. The smallest absolute Gasteiger partial charge is 0.406 e. The molecule has 0 aliphatic rings. The Morgan fingerprint density at radius 1 is 0.793 bits per heavy atom. The van der Waals surface area contributed by atoms with Crippen molar-refractivity contribution in [2.24, 2.45) is 0 Å². The lowest BCUT2D eigenvalue weighted by Crippen LogP contribution is -2.34. The zero-order chi connectivity index (χ0) is 22.1. The van der Waals surface area contributed by atoms with Crippen molar-refractivity contribution in [1.82, 2.24) is 13.9 Å². The molecular formula is C21H34BrN3O4. The molecule has 0 aliphatic carbocycles. The second kappa shape index (κ2) is 12.3. The molecule has 2 aromatic carbocycles. The summed E-state index contributed by atoms with van der Waals surface area (Å²) in [6.45, 7) is 0. The molecular weight excluding hydrogens is 438 g/mol. The maximum absolute atomic E-state index is 10.9. The molecule has 0 atom stereocenters. The molecule has 0 unspecified atom stereocenters. The van der Waals surface area contributed by atoms with Gasteiger partial charge in [0, 0.05) is 14.1 Å². The number of benzene rings is 2. The highest BCUT2D eigenvalue weighted by molar-refractivity contribution is 8.93. The highest BCUT2D eigenvalue weighted by atomic mass is 79.9. The van der Waals surface area contributed by atoms with Gasteiger partial charge >= 0.3 is 6.09 Å². The molecule has 0 aromatic heterocycles. The molecule has 0 aliphatic heterocycles. The van der Waals surface area contributed by atoms with Crippen molar-refractivity contribution in [2.75, 3.05) is 56.4 Å². The number of hydrogen-bond donors (Lipinski definition) is 1. The summed E-state index contributed by atoms with van der Waals surface area (Å²) in [5, 5.41) is 29.8. The van der Waals surface area contributed by atoms with Gasteiger partial charge in [-0.1, -0.05) is 24.3 Å². The molecule has 0 fully saturated rings. The normalized spacial score (nSPS) is 10.3. The zero-order valence-corrected chi connectivity index (χ0v) is 20.3. The zero-order valence-electron chi connectivity index (χ0n) is 18.5. The van der Waals surface area contributed by atoms with Crippen molar-refractivity contribution in [3.63, 3.8) is 0 Å². The first kappa shape index (κ1) is 28.9. The Bertz CT molecular complexity index is 699. The topological polar surface area (TPSA) is 86.7 Å². The van der Waals surface area contributed by atoms with Gasteiger partial charge in [0.1, 0.15) is 11.4 Å². The molecule has 0 saturated heterocycles. The van der Waals surface area contributed by atoms with Crippen LogP contribution in [0.5, 0.6) is 11.5 Å². The minimum atomic E-state index is -0.907. The number of hydrogen-bond acceptors (Lipinski definition) is 3. The first-order valence-electron chi connectivity index (χ1n) is 8.73. The van der Waals surface area contributed by atoms with Gasteiger partial charge < -0.3 is 20.2 Å². The monoisotopic (exact) mass is 471 g/mol. The van der Waals surface area contributed by atoms with E-state index in [9.17, 15) is 15.0 Å². The van der Waals surface area contributed by atoms with Crippen LogP contribution in [-0.2, 0) is 0 Å². The predicted octanol–water partition coefficient (Wildman–Crippen LogP) is 2.72. The van der Waals surface area contributed by atoms with Gasteiger partial charge in [-0.25, -0.2) is 4.79 Å². The van der Waals surface area contributed by atoms with Crippen LogP contribution in [0.3, 0.4) is 0 Å². The van der Waals surface area contributed by atoms with E-state index in [4.69, 9.17) is 5.11 Å². The van der Waals surface area contributed by atoms with E-state index in [0.717, 1.165) is 16.3 Å². The van der Waals surface area contributed by atoms with Crippen LogP contribution < -0.4 is 19.2 Å². The Balaban J connectivity index is 0. The number of rotatable bonds is 2. The van der Waals surface area contributed by atoms with Gasteiger partial charge in [-0.05, 0) is 24.3 Å². The van der Waals surface area contributed by atoms with E-state index < -0.39 is 6.09 Å². The second-order valence-corrected chi connectivity index (χ2v) is 8.20. The van der Waals surface area contributed by atoms with E-state index in [1.54, 1.807) is 36.4 Å². The Labute approximate surface area is 185 Å². The summed E-state index contributed by atoms with van der Waals surface area (Å²) < 4.78 is 1.38. The molecule has 29 heavy (non-hydrogen) atoms. The van der Waals surface area contributed by atoms with Gasteiger partial charge in [0.15, 0.2) is 0 Å². The fraction of sp³-hybridized carbons (Fsp3) is 0.381. The minimum absolute atomic E-state index is 0. The van der Waals surface area contributed by atoms with Crippen molar-refractivity contribution >= 4 is 34.4 Å². The summed E-state index contributed by atoms with van der Waals surface area (Å²) >= 11 is 0. The molecule has 0 saturated carbocycles. The first-order valence-corrected chi connectivity index (χ1v) is 8.73. The van der Waals surface area contributed by atoms with E-state index in [2.05, 4.69) is 0 Å². The summed E-state index contributed by atoms with van der Waals surface area (Å²) in [4.78, 5) is 10.7. The van der Waals surface area contributed by atoms with Gasteiger partial charge in [-0.2, -0.15) is 0 Å². The SMILES string of the molecule is Br.CN(C)C(=O)O.C[N+](C)(C)c1cccc([O-])c1.C[N+](C)(C)c1cccc([O-])c1. The fourth-order valence-corrected chi connectivity index (χ4v) is 1.80. The van der Waals surface area contributed by atoms with Crippen molar-refractivity contribution in [3.8, 4) is 11.5 Å². The summed E-state index contributed by atoms with van der Waals surface area (Å²) in [6.07, 6.45) is -0.907. The molecule has 0 heterocycles. The van der Waals surface area contributed by atoms with Crippen LogP contribution in [-0.4, -0.2) is 72.5 Å². The van der Waals surface area contributed by atoms with Gasteiger partial charge in [0.25, 0.3) is 0 Å². The molecule has 0 spiro atoms. The lowest BCUT2D eigenvalue weighted by atomic mass is 10.2.